The fourth-order valence-corrected chi connectivity index (χ4v) is 1.40. The molecular weight excluding hydrogens is 246 g/mol. The van der Waals surface area contributed by atoms with E-state index < -0.39 is 0 Å². The van der Waals surface area contributed by atoms with Gasteiger partial charge in [0.15, 0.2) is 0 Å². The van der Waals surface area contributed by atoms with Crippen LogP contribution < -0.4 is 16.6 Å². The lowest BCUT2D eigenvalue weighted by Gasteiger charge is -2.14. The third-order valence-corrected chi connectivity index (χ3v) is 2.47. The van der Waals surface area contributed by atoms with Crippen LogP contribution in [-0.2, 0) is 4.79 Å². The van der Waals surface area contributed by atoms with E-state index in [9.17, 15) is 4.79 Å². The summed E-state index contributed by atoms with van der Waals surface area (Å²) >= 11 is 3.37. The van der Waals surface area contributed by atoms with Crippen molar-refractivity contribution in [1.29, 1.82) is 0 Å². The molecule has 0 aliphatic carbocycles. The standard InChI is InChI=1S/C9H12BrN3O/c1-6(9(14)13-11)12-8-5-3-2-4-7(8)10/h2-6,12H,11H2,1H3,(H,13,14)/t6-/m0/s1. The number of hydrazine groups is 1. The van der Waals surface area contributed by atoms with Gasteiger partial charge in [0, 0.05) is 10.2 Å². The van der Waals surface area contributed by atoms with E-state index in [-0.39, 0.29) is 11.9 Å². The van der Waals surface area contributed by atoms with Crippen LogP contribution >= 0.6 is 15.9 Å². The summed E-state index contributed by atoms with van der Waals surface area (Å²) in [6, 6.07) is 7.21. The highest BCUT2D eigenvalue weighted by Gasteiger charge is 2.11. The van der Waals surface area contributed by atoms with Crippen molar-refractivity contribution in [3.05, 3.63) is 28.7 Å². The molecule has 1 aromatic rings. The second-order valence-corrected chi connectivity index (χ2v) is 3.71. The van der Waals surface area contributed by atoms with E-state index in [0.29, 0.717) is 0 Å². The zero-order chi connectivity index (χ0) is 10.6. The summed E-state index contributed by atoms with van der Waals surface area (Å²) in [7, 11) is 0. The number of para-hydroxylation sites is 1. The summed E-state index contributed by atoms with van der Waals surface area (Å²) in [4.78, 5) is 11.1. The van der Waals surface area contributed by atoms with Crippen LogP contribution in [0.2, 0.25) is 0 Å². The molecule has 0 heterocycles. The summed E-state index contributed by atoms with van der Waals surface area (Å²) < 4.78 is 0.914. The average molecular weight is 258 g/mol. The van der Waals surface area contributed by atoms with Gasteiger partial charge in [0.2, 0.25) is 0 Å². The molecule has 1 amide bonds. The van der Waals surface area contributed by atoms with Crippen molar-refractivity contribution in [3.8, 4) is 0 Å². The first-order valence-electron chi connectivity index (χ1n) is 4.16. The molecule has 0 spiro atoms. The number of carbonyl (C=O) groups excluding carboxylic acids is 1. The van der Waals surface area contributed by atoms with Gasteiger partial charge in [0.25, 0.3) is 5.91 Å². The highest BCUT2D eigenvalue weighted by Crippen LogP contribution is 2.21. The zero-order valence-electron chi connectivity index (χ0n) is 7.75. The zero-order valence-corrected chi connectivity index (χ0v) is 9.34. The molecule has 0 fully saturated rings. The van der Waals surface area contributed by atoms with Gasteiger partial charge < -0.3 is 5.32 Å². The van der Waals surface area contributed by atoms with Crippen LogP contribution in [0.15, 0.2) is 28.7 Å². The minimum absolute atomic E-state index is 0.249. The monoisotopic (exact) mass is 257 g/mol. The maximum absolute atomic E-state index is 11.1. The topological polar surface area (TPSA) is 67.2 Å². The molecule has 4 N–H and O–H groups in total. The Morgan fingerprint density at radius 3 is 2.71 bits per heavy atom. The predicted octanol–water partition coefficient (Wildman–Crippen LogP) is 1.24. The van der Waals surface area contributed by atoms with Gasteiger partial charge in [-0.15, -0.1) is 0 Å². The van der Waals surface area contributed by atoms with E-state index in [1.54, 1.807) is 6.92 Å². The summed E-state index contributed by atoms with van der Waals surface area (Å²) in [6.45, 7) is 1.74. The van der Waals surface area contributed by atoms with E-state index in [2.05, 4.69) is 26.7 Å². The minimum Gasteiger partial charge on any atom is -0.373 e. The Kier molecular flexibility index (Phi) is 3.91. The molecule has 0 bridgehead atoms. The molecule has 0 aromatic heterocycles. The molecule has 0 aliphatic rings. The van der Waals surface area contributed by atoms with Crippen molar-refractivity contribution in [3.63, 3.8) is 0 Å². The molecule has 0 radical (unpaired) electrons. The number of benzene rings is 1. The van der Waals surface area contributed by atoms with E-state index in [1.807, 2.05) is 24.3 Å². The highest BCUT2D eigenvalue weighted by molar-refractivity contribution is 9.10. The number of amides is 1. The van der Waals surface area contributed by atoms with Crippen LogP contribution in [0.4, 0.5) is 5.69 Å². The Balaban J connectivity index is 2.69. The van der Waals surface area contributed by atoms with Crippen molar-refractivity contribution < 1.29 is 4.79 Å². The lowest BCUT2D eigenvalue weighted by molar-refractivity contribution is -0.121. The number of nitrogens with two attached hydrogens (primary N) is 1. The normalized spacial score (nSPS) is 11.9. The fourth-order valence-electron chi connectivity index (χ4n) is 1.00. The Bertz CT molecular complexity index is 330. The Labute approximate surface area is 91.0 Å². The van der Waals surface area contributed by atoms with E-state index in [0.717, 1.165) is 10.2 Å². The number of anilines is 1. The first-order valence-corrected chi connectivity index (χ1v) is 4.96. The summed E-state index contributed by atoms with van der Waals surface area (Å²) in [6.07, 6.45) is 0. The van der Waals surface area contributed by atoms with E-state index in [1.165, 1.54) is 0 Å². The van der Waals surface area contributed by atoms with Crippen molar-refractivity contribution >= 4 is 27.5 Å². The number of hydrogen-bond acceptors (Lipinski definition) is 3. The molecule has 0 saturated heterocycles. The van der Waals surface area contributed by atoms with Crippen molar-refractivity contribution in [1.82, 2.24) is 5.43 Å². The summed E-state index contributed by atoms with van der Waals surface area (Å²) in [5.41, 5.74) is 2.95. The molecule has 4 nitrogen and oxygen atoms in total. The van der Waals surface area contributed by atoms with Crippen LogP contribution in [0.5, 0.6) is 0 Å². The maximum atomic E-state index is 11.1. The molecule has 0 aliphatic heterocycles. The van der Waals surface area contributed by atoms with Crippen molar-refractivity contribution in [2.24, 2.45) is 5.84 Å². The number of nitrogens with one attached hydrogen (secondary N) is 2. The molecule has 1 rings (SSSR count). The van der Waals surface area contributed by atoms with E-state index in [4.69, 9.17) is 5.84 Å². The first-order chi connectivity index (χ1) is 6.65. The SMILES string of the molecule is C[C@H](Nc1ccccc1Br)C(=O)NN. The van der Waals surface area contributed by atoms with Crippen LogP contribution in [-0.4, -0.2) is 11.9 Å². The third kappa shape index (κ3) is 2.71. The smallest absolute Gasteiger partial charge is 0.256 e. The van der Waals surface area contributed by atoms with Gasteiger partial charge in [-0.25, -0.2) is 5.84 Å². The maximum Gasteiger partial charge on any atom is 0.256 e. The summed E-state index contributed by atoms with van der Waals surface area (Å²) in [5.74, 6) is 4.76. The number of halogens is 1. The molecule has 76 valence electrons. The van der Waals surface area contributed by atoms with Gasteiger partial charge in [-0.05, 0) is 35.0 Å². The van der Waals surface area contributed by atoms with Crippen LogP contribution in [0.3, 0.4) is 0 Å². The lowest BCUT2D eigenvalue weighted by atomic mass is 10.2. The molecule has 5 heteroatoms. The Hall–Kier alpha value is -1.07. The van der Waals surface area contributed by atoms with Crippen LogP contribution in [0, 0.1) is 0 Å². The second-order valence-electron chi connectivity index (χ2n) is 2.85. The van der Waals surface area contributed by atoms with Crippen molar-refractivity contribution in [2.45, 2.75) is 13.0 Å². The van der Waals surface area contributed by atoms with Gasteiger partial charge in [-0.1, -0.05) is 12.1 Å². The molecular formula is C9H12BrN3O. The largest absolute Gasteiger partial charge is 0.373 e. The fraction of sp³-hybridized carbons (Fsp3) is 0.222. The van der Waals surface area contributed by atoms with E-state index >= 15 is 0 Å². The Morgan fingerprint density at radius 1 is 1.50 bits per heavy atom. The summed E-state index contributed by atoms with van der Waals surface area (Å²) in [5, 5.41) is 3.02. The third-order valence-electron chi connectivity index (χ3n) is 1.78. The van der Waals surface area contributed by atoms with Gasteiger partial charge >= 0.3 is 0 Å². The average Bonchev–Trinajstić information content (AvgIpc) is 2.20. The Morgan fingerprint density at radius 2 is 2.14 bits per heavy atom. The quantitative estimate of drug-likeness (QED) is 0.434. The van der Waals surface area contributed by atoms with Gasteiger partial charge in [0.05, 0.1) is 0 Å². The molecule has 1 atom stereocenters. The van der Waals surface area contributed by atoms with Gasteiger partial charge in [-0.3, -0.25) is 10.2 Å². The van der Waals surface area contributed by atoms with Crippen LogP contribution in [0.1, 0.15) is 6.92 Å². The highest BCUT2D eigenvalue weighted by atomic mass is 79.9. The molecule has 1 aromatic carbocycles. The lowest BCUT2D eigenvalue weighted by Crippen LogP contribution is -2.41. The van der Waals surface area contributed by atoms with Gasteiger partial charge in [0.1, 0.15) is 6.04 Å². The number of hydrogen-bond donors (Lipinski definition) is 3. The number of carbonyl (C=O) groups is 1. The van der Waals surface area contributed by atoms with Crippen LogP contribution in [0.25, 0.3) is 0 Å². The first kappa shape index (κ1) is 11.0. The van der Waals surface area contributed by atoms with Gasteiger partial charge in [-0.2, -0.15) is 0 Å². The minimum atomic E-state index is -0.362. The molecule has 14 heavy (non-hydrogen) atoms. The van der Waals surface area contributed by atoms with Crippen molar-refractivity contribution in [2.75, 3.05) is 5.32 Å². The second kappa shape index (κ2) is 4.97. The number of rotatable bonds is 3. The molecule has 0 saturated carbocycles. The molecule has 0 unspecified atom stereocenters. The predicted molar refractivity (Wildman–Crippen MR) is 59.6 cm³/mol.